The lowest BCUT2D eigenvalue weighted by molar-refractivity contribution is -0.133. The van der Waals surface area contributed by atoms with Gasteiger partial charge in [0.2, 0.25) is 27.7 Å². The van der Waals surface area contributed by atoms with Crippen LogP contribution in [-0.2, 0) is 24.4 Å². The number of anilines is 2. The van der Waals surface area contributed by atoms with Crippen LogP contribution in [0.5, 0.6) is 0 Å². The fourth-order valence-corrected chi connectivity index (χ4v) is 5.12. The van der Waals surface area contributed by atoms with Crippen molar-refractivity contribution in [3.8, 4) is 0 Å². The largest absolute Gasteiger partial charge is 0.351 e. The molecule has 0 bridgehead atoms. The zero-order chi connectivity index (χ0) is 22.8. The summed E-state index contributed by atoms with van der Waals surface area (Å²) in [6, 6.07) is 6.60. The monoisotopic (exact) mass is 450 g/mol. The Balaban J connectivity index is 1.94. The van der Waals surface area contributed by atoms with Gasteiger partial charge in [-0.1, -0.05) is 19.3 Å². The van der Waals surface area contributed by atoms with Gasteiger partial charge in [0, 0.05) is 30.9 Å². The van der Waals surface area contributed by atoms with Gasteiger partial charge in [0.1, 0.15) is 5.54 Å². The zero-order valence-corrected chi connectivity index (χ0v) is 19.0. The van der Waals surface area contributed by atoms with Gasteiger partial charge in [0.25, 0.3) is 0 Å². The quantitative estimate of drug-likeness (QED) is 0.705. The predicted octanol–water partition coefficient (Wildman–Crippen LogP) is 1.46. The maximum absolute atomic E-state index is 13.4. The van der Waals surface area contributed by atoms with Crippen molar-refractivity contribution in [1.82, 2.24) is 9.62 Å². The molecule has 1 saturated heterocycles. The Morgan fingerprint density at radius 2 is 1.71 bits per heavy atom. The van der Waals surface area contributed by atoms with Crippen LogP contribution in [-0.4, -0.2) is 61.4 Å². The Labute approximate surface area is 183 Å². The van der Waals surface area contributed by atoms with Crippen LogP contribution < -0.4 is 15.5 Å². The summed E-state index contributed by atoms with van der Waals surface area (Å²) < 4.78 is 25.5. The van der Waals surface area contributed by atoms with Crippen molar-refractivity contribution < 1.29 is 22.8 Å². The Morgan fingerprint density at radius 3 is 2.26 bits per heavy atom. The molecule has 3 rings (SSSR count). The number of carbonyl (C=O) groups is 3. The molecule has 3 amide bonds. The minimum atomic E-state index is -3.66. The highest BCUT2D eigenvalue weighted by molar-refractivity contribution is 7.88. The van der Waals surface area contributed by atoms with Crippen LogP contribution in [0.2, 0.25) is 0 Å². The average molecular weight is 451 g/mol. The van der Waals surface area contributed by atoms with Crippen molar-refractivity contribution in [2.45, 2.75) is 57.5 Å². The van der Waals surface area contributed by atoms with E-state index in [1.54, 1.807) is 31.2 Å². The van der Waals surface area contributed by atoms with Crippen molar-refractivity contribution in [2.75, 3.05) is 29.6 Å². The van der Waals surface area contributed by atoms with Gasteiger partial charge in [0.05, 0.1) is 12.8 Å². The van der Waals surface area contributed by atoms with Gasteiger partial charge in [0.15, 0.2) is 0 Å². The number of benzene rings is 1. The van der Waals surface area contributed by atoms with Crippen molar-refractivity contribution >= 4 is 39.1 Å². The molecule has 1 heterocycles. The predicted molar refractivity (Wildman–Crippen MR) is 118 cm³/mol. The minimum Gasteiger partial charge on any atom is -0.351 e. The molecule has 1 saturated carbocycles. The number of carbonyl (C=O) groups excluding carboxylic acids is 3. The molecule has 31 heavy (non-hydrogen) atoms. The topological polar surface area (TPSA) is 116 Å². The number of rotatable bonds is 5. The third-order valence-corrected chi connectivity index (χ3v) is 7.08. The Morgan fingerprint density at radius 1 is 1.10 bits per heavy atom. The van der Waals surface area contributed by atoms with E-state index >= 15 is 0 Å². The van der Waals surface area contributed by atoms with Gasteiger partial charge in [-0.2, -0.15) is 4.31 Å². The summed E-state index contributed by atoms with van der Waals surface area (Å²) in [4.78, 5) is 39.2. The second kappa shape index (κ2) is 8.96. The fraction of sp³-hybridized carbons (Fsp3) is 0.571. The van der Waals surface area contributed by atoms with Gasteiger partial charge in [-0.05, 0) is 44.0 Å². The molecule has 2 fully saturated rings. The summed E-state index contributed by atoms with van der Waals surface area (Å²) >= 11 is 0. The maximum atomic E-state index is 13.4. The summed E-state index contributed by atoms with van der Waals surface area (Å²) in [6.45, 7) is 2.53. The maximum Gasteiger partial charge on any atom is 0.247 e. The van der Waals surface area contributed by atoms with Crippen molar-refractivity contribution in [3.63, 3.8) is 0 Å². The second-order valence-electron chi connectivity index (χ2n) is 8.57. The van der Waals surface area contributed by atoms with Crippen molar-refractivity contribution in [2.24, 2.45) is 0 Å². The fourth-order valence-electron chi connectivity index (χ4n) is 4.29. The smallest absolute Gasteiger partial charge is 0.247 e. The highest BCUT2D eigenvalue weighted by atomic mass is 32.2. The SMILES string of the molecule is CC(=O)Nc1ccc(N2C(=O)CN(S(C)(=O)=O)C[C@]2(C)C(=O)NC2CCCCC2)cc1. The number of sulfonamides is 1. The number of nitrogens with one attached hydrogen (secondary N) is 2. The van der Waals surface area contributed by atoms with Crippen LogP contribution >= 0.6 is 0 Å². The Kier molecular flexibility index (Phi) is 6.70. The van der Waals surface area contributed by atoms with E-state index in [9.17, 15) is 22.8 Å². The molecule has 10 heteroatoms. The zero-order valence-electron chi connectivity index (χ0n) is 18.2. The molecular formula is C21H30N4O5S. The van der Waals surface area contributed by atoms with Crippen molar-refractivity contribution in [3.05, 3.63) is 24.3 Å². The highest BCUT2D eigenvalue weighted by Crippen LogP contribution is 2.32. The molecule has 1 aromatic rings. The van der Waals surface area contributed by atoms with Crippen LogP contribution in [0.3, 0.4) is 0 Å². The molecule has 0 spiro atoms. The van der Waals surface area contributed by atoms with Gasteiger partial charge >= 0.3 is 0 Å². The van der Waals surface area contributed by atoms with E-state index in [-0.39, 0.29) is 30.9 Å². The van der Waals surface area contributed by atoms with Gasteiger partial charge in [-0.3, -0.25) is 19.3 Å². The van der Waals surface area contributed by atoms with E-state index in [1.165, 1.54) is 11.8 Å². The molecule has 0 aromatic heterocycles. The number of amides is 3. The first-order valence-electron chi connectivity index (χ1n) is 10.5. The normalized spacial score (nSPS) is 23.5. The molecule has 170 valence electrons. The summed E-state index contributed by atoms with van der Waals surface area (Å²) in [5, 5.41) is 5.71. The number of hydrogen-bond acceptors (Lipinski definition) is 5. The molecule has 2 N–H and O–H groups in total. The van der Waals surface area contributed by atoms with E-state index in [0.717, 1.165) is 42.7 Å². The standard InChI is InChI=1S/C21H30N4O5S/c1-15(26)22-17-9-11-18(12-10-17)25-19(27)13-24(31(3,29)30)14-21(25,2)20(28)23-16-7-5-4-6-8-16/h9-12,16H,4-8,13-14H2,1-3H3,(H,22,26)(H,23,28)/t21-/m1/s1. The molecule has 1 aromatic carbocycles. The van der Waals surface area contributed by atoms with E-state index in [2.05, 4.69) is 10.6 Å². The summed E-state index contributed by atoms with van der Waals surface area (Å²) in [5.74, 6) is -1.07. The van der Waals surface area contributed by atoms with Gasteiger partial charge < -0.3 is 10.6 Å². The summed E-state index contributed by atoms with van der Waals surface area (Å²) in [7, 11) is -3.66. The molecule has 0 radical (unpaired) electrons. The third-order valence-electron chi connectivity index (χ3n) is 5.88. The molecule has 1 aliphatic heterocycles. The number of piperazine rings is 1. The van der Waals surface area contributed by atoms with Gasteiger partial charge in [-0.15, -0.1) is 0 Å². The Bertz CT molecular complexity index is 956. The second-order valence-corrected chi connectivity index (χ2v) is 10.6. The lowest BCUT2D eigenvalue weighted by Gasteiger charge is -2.47. The average Bonchev–Trinajstić information content (AvgIpc) is 2.68. The first-order chi connectivity index (χ1) is 14.5. The van der Waals surface area contributed by atoms with E-state index in [1.807, 2.05) is 0 Å². The first kappa shape index (κ1) is 23.2. The number of nitrogens with zero attached hydrogens (tertiary/aromatic N) is 2. The molecule has 9 nitrogen and oxygen atoms in total. The van der Waals surface area contributed by atoms with Crippen LogP contribution in [0.1, 0.15) is 46.0 Å². The molecule has 2 aliphatic rings. The highest BCUT2D eigenvalue weighted by Gasteiger charge is 2.50. The first-order valence-corrected chi connectivity index (χ1v) is 12.3. The molecule has 1 atom stereocenters. The van der Waals surface area contributed by atoms with Crippen LogP contribution in [0.25, 0.3) is 0 Å². The number of hydrogen-bond donors (Lipinski definition) is 2. The summed E-state index contributed by atoms with van der Waals surface area (Å²) in [5.41, 5.74) is -0.383. The van der Waals surface area contributed by atoms with E-state index in [4.69, 9.17) is 0 Å². The van der Waals surface area contributed by atoms with E-state index in [0.29, 0.717) is 11.4 Å². The molecular weight excluding hydrogens is 420 g/mol. The lowest BCUT2D eigenvalue weighted by Crippen LogP contribution is -2.70. The van der Waals surface area contributed by atoms with Crippen LogP contribution in [0.4, 0.5) is 11.4 Å². The minimum absolute atomic E-state index is 0.0192. The lowest BCUT2D eigenvalue weighted by atomic mass is 9.91. The molecule has 1 aliphatic carbocycles. The Hall–Kier alpha value is -2.46. The third kappa shape index (κ3) is 5.24. The summed E-state index contributed by atoms with van der Waals surface area (Å²) in [6.07, 6.45) is 5.98. The van der Waals surface area contributed by atoms with E-state index < -0.39 is 21.5 Å². The van der Waals surface area contributed by atoms with Gasteiger partial charge in [-0.25, -0.2) is 8.42 Å². The van der Waals surface area contributed by atoms with Crippen molar-refractivity contribution in [1.29, 1.82) is 0 Å². The van der Waals surface area contributed by atoms with Crippen LogP contribution in [0.15, 0.2) is 24.3 Å². The van der Waals surface area contributed by atoms with Crippen LogP contribution in [0, 0.1) is 0 Å². The molecule has 0 unspecified atom stereocenters.